The fourth-order valence-corrected chi connectivity index (χ4v) is 3.16. The van der Waals surface area contributed by atoms with Gasteiger partial charge in [-0.15, -0.1) is 0 Å². The second-order valence-electron chi connectivity index (χ2n) is 6.09. The highest BCUT2D eigenvalue weighted by atomic mass is 19.1. The molecule has 0 spiro atoms. The van der Waals surface area contributed by atoms with Crippen molar-refractivity contribution in [1.82, 2.24) is 15.1 Å². The topological polar surface area (TPSA) is 76.4 Å². The van der Waals surface area contributed by atoms with Crippen LogP contribution in [0.5, 0.6) is 0 Å². The van der Waals surface area contributed by atoms with Crippen LogP contribution in [0.25, 0.3) is 0 Å². The van der Waals surface area contributed by atoms with Gasteiger partial charge in [0.2, 0.25) is 0 Å². The number of carbonyl (C=O) groups is 1. The highest BCUT2D eigenvalue weighted by Gasteiger charge is 2.32. The van der Waals surface area contributed by atoms with Gasteiger partial charge in [0, 0.05) is 42.9 Å². The molecule has 1 aliphatic heterocycles. The number of hydrogen-bond donors (Lipinski definition) is 2. The molecule has 6 nitrogen and oxygen atoms in total. The molecule has 1 fully saturated rings. The van der Waals surface area contributed by atoms with E-state index in [1.54, 1.807) is 6.20 Å². The monoisotopic (exact) mass is 347 g/mol. The third kappa shape index (κ3) is 3.72. The van der Waals surface area contributed by atoms with E-state index in [2.05, 4.69) is 10.4 Å². The third-order valence-electron chi connectivity index (χ3n) is 4.57. The van der Waals surface area contributed by atoms with Gasteiger partial charge in [0.05, 0.1) is 12.3 Å². The van der Waals surface area contributed by atoms with Gasteiger partial charge in [-0.05, 0) is 31.5 Å². The summed E-state index contributed by atoms with van der Waals surface area (Å²) in [5.41, 5.74) is 1.43. The maximum Gasteiger partial charge on any atom is 0.251 e. The number of aliphatic hydroxyl groups excluding tert-OH is 1. The summed E-state index contributed by atoms with van der Waals surface area (Å²) in [6, 6.07) is 6.03. The van der Waals surface area contributed by atoms with Crippen molar-refractivity contribution in [3.63, 3.8) is 0 Å². The van der Waals surface area contributed by atoms with Crippen LogP contribution >= 0.6 is 0 Å². The molecule has 1 aromatic heterocycles. The van der Waals surface area contributed by atoms with Crippen molar-refractivity contribution in [3.05, 3.63) is 53.1 Å². The number of nitrogens with one attached hydrogen (secondary N) is 1. The van der Waals surface area contributed by atoms with Crippen molar-refractivity contribution in [2.45, 2.75) is 32.6 Å². The van der Waals surface area contributed by atoms with Crippen LogP contribution in [0.4, 0.5) is 4.39 Å². The van der Waals surface area contributed by atoms with E-state index >= 15 is 0 Å². The lowest BCUT2D eigenvalue weighted by Gasteiger charge is -2.20. The molecule has 2 atom stereocenters. The summed E-state index contributed by atoms with van der Waals surface area (Å²) < 4.78 is 21.5. The van der Waals surface area contributed by atoms with Gasteiger partial charge in [0.15, 0.2) is 0 Å². The summed E-state index contributed by atoms with van der Waals surface area (Å²) in [5.74, 6) is -0.769. The predicted molar refractivity (Wildman–Crippen MR) is 89.4 cm³/mol. The van der Waals surface area contributed by atoms with Crippen LogP contribution in [-0.2, 0) is 17.9 Å². The number of rotatable bonds is 6. The first kappa shape index (κ1) is 17.6. The Morgan fingerprint density at radius 1 is 1.48 bits per heavy atom. The van der Waals surface area contributed by atoms with Crippen LogP contribution in [0.1, 0.15) is 41.1 Å². The van der Waals surface area contributed by atoms with Gasteiger partial charge in [-0.25, -0.2) is 4.39 Å². The summed E-state index contributed by atoms with van der Waals surface area (Å²) in [5, 5.41) is 16.1. The molecule has 25 heavy (non-hydrogen) atoms. The number of amides is 1. The molecule has 1 saturated heterocycles. The van der Waals surface area contributed by atoms with Gasteiger partial charge in [0.25, 0.3) is 5.91 Å². The Morgan fingerprint density at radius 2 is 2.32 bits per heavy atom. The Hall–Kier alpha value is -2.25. The first-order valence-electron chi connectivity index (χ1n) is 8.44. The maximum absolute atomic E-state index is 13.7. The number of carbonyl (C=O) groups excluding carboxylic acids is 1. The van der Waals surface area contributed by atoms with Gasteiger partial charge in [-0.3, -0.25) is 9.48 Å². The maximum atomic E-state index is 13.7. The number of aryl methyl sites for hydroxylation is 1. The van der Waals surface area contributed by atoms with Crippen LogP contribution in [0, 0.1) is 11.7 Å². The van der Waals surface area contributed by atoms with E-state index < -0.39 is 5.82 Å². The number of hydrogen-bond acceptors (Lipinski definition) is 4. The minimum atomic E-state index is -0.580. The lowest BCUT2D eigenvalue weighted by Crippen LogP contribution is -2.31. The first-order valence-corrected chi connectivity index (χ1v) is 8.44. The molecule has 0 aliphatic carbocycles. The van der Waals surface area contributed by atoms with Crippen molar-refractivity contribution < 1.29 is 19.0 Å². The molecule has 2 heterocycles. The Morgan fingerprint density at radius 3 is 3.04 bits per heavy atom. The van der Waals surface area contributed by atoms with Gasteiger partial charge in [-0.2, -0.15) is 5.10 Å². The Bertz CT molecular complexity index is 747. The van der Waals surface area contributed by atoms with Crippen molar-refractivity contribution in [2.75, 3.05) is 13.2 Å². The number of ether oxygens (including phenoxy) is 1. The highest BCUT2D eigenvalue weighted by Crippen LogP contribution is 2.34. The van der Waals surface area contributed by atoms with Crippen LogP contribution in [-0.4, -0.2) is 33.9 Å². The molecule has 0 saturated carbocycles. The molecular weight excluding hydrogens is 325 g/mol. The van der Waals surface area contributed by atoms with Gasteiger partial charge in [-0.1, -0.05) is 6.07 Å². The van der Waals surface area contributed by atoms with Crippen molar-refractivity contribution in [1.29, 1.82) is 0 Å². The molecule has 2 N–H and O–H groups in total. The van der Waals surface area contributed by atoms with Gasteiger partial charge in [0.1, 0.15) is 11.9 Å². The van der Waals surface area contributed by atoms with Crippen LogP contribution in [0.3, 0.4) is 0 Å². The fraction of sp³-hybridized carbons (Fsp3) is 0.444. The van der Waals surface area contributed by atoms with Gasteiger partial charge < -0.3 is 15.2 Å². The summed E-state index contributed by atoms with van der Waals surface area (Å²) in [4.78, 5) is 12.3. The standard InChI is InChI=1S/C18H22FN3O3/c1-2-22-16(5-7-21-22)17-13(6-8-25-17)10-20-18(24)12-3-4-14(11-23)15(19)9-12/h3-5,7,9,13,17,23H,2,6,8,10-11H2,1H3,(H,20,24)/t13-,17+/m0/s1. The summed E-state index contributed by atoms with van der Waals surface area (Å²) in [6.45, 7) is 3.48. The molecule has 0 radical (unpaired) electrons. The number of nitrogens with zero attached hydrogens (tertiary/aromatic N) is 2. The van der Waals surface area contributed by atoms with Crippen LogP contribution in [0.15, 0.2) is 30.5 Å². The molecule has 1 aromatic carbocycles. The van der Waals surface area contributed by atoms with E-state index in [4.69, 9.17) is 9.84 Å². The van der Waals surface area contributed by atoms with Crippen LogP contribution < -0.4 is 5.32 Å². The molecule has 0 unspecified atom stereocenters. The van der Waals surface area contributed by atoms with E-state index in [1.165, 1.54) is 12.1 Å². The zero-order chi connectivity index (χ0) is 17.8. The lowest BCUT2D eigenvalue weighted by atomic mass is 9.98. The SMILES string of the molecule is CCn1nccc1[C@@H]1OCC[C@H]1CNC(=O)c1ccc(CO)c(F)c1. The minimum Gasteiger partial charge on any atom is -0.392 e. The minimum absolute atomic E-state index is 0.101. The molecule has 1 aliphatic rings. The normalized spacial score (nSPS) is 20.0. The van der Waals surface area contributed by atoms with Crippen molar-refractivity contribution in [3.8, 4) is 0 Å². The summed E-state index contributed by atoms with van der Waals surface area (Å²) in [6.07, 6.45) is 2.50. The molecule has 3 rings (SSSR count). The van der Waals surface area contributed by atoms with Gasteiger partial charge >= 0.3 is 0 Å². The molecule has 2 aromatic rings. The van der Waals surface area contributed by atoms with E-state index in [0.717, 1.165) is 24.7 Å². The van der Waals surface area contributed by atoms with E-state index in [9.17, 15) is 9.18 Å². The zero-order valence-electron chi connectivity index (χ0n) is 14.1. The summed E-state index contributed by atoms with van der Waals surface area (Å²) >= 11 is 0. The summed E-state index contributed by atoms with van der Waals surface area (Å²) in [7, 11) is 0. The molecule has 0 bridgehead atoms. The second-order valence-corrected chi connectivity index (χ2v) is 6.09. The predicted octanol–water partition coefficient (Wildman–Crippen LogP) is 2.04. The fourth-order valence-electron chi connectivity index (χ4n) is 3.16. The van der Waals surface area contributed by atoms with E-state index in [0.29, 0.717) is 13.2 Å². The second kappa shape index (κ2) is 7.76. The Labute approximate surface area is 145 Å². The smallest absolute Gasteiger partial charge is 0.251 e. The van der Waals surface area contributed by atoms with Crippen molar-refractivity contribution in [2.24, 2.45) is 5.92 Å². The number of aliphatic hydroxyl groups is 1. The molecular formula is C18H22FN3O3. The van der Waals surface area contributed by atoms with Crippen molar-refractivity contribution >= 4 is 5.91 Å². The average molecular weight is 347 g/mol. The lowest BCUT2D eigenvalue weighted by molar-refractivity contribution is 0.0794. The Balaban J connectivity index is 1.64. The number of halogens is 1. The zero-order valence-corrected chi connectivity index (χ0v) is 14.1. The third-order valence-corrected chi connectivity index (χ3v) is 4.57. The van der Waals surface area contributed by atoms with Crippen LogP contribution in [0.2, 0.25) is 0 Å². The quantitative estimate of drug-likeness (QED) is 0.838. The Kier molecular flexibility index (Phi) is 5.45. The molecule has 7 heteroatoms. The molecule has 134 valence electrons. The van der Waals surface area contributed by atoms with E-state index in [1.807, 2.05) is 17.7 Å². The highest BCUT2D eigenvalue weighted by molar-refractivity contribution is 5.94. The number of aromatic nitrogens is 2. The van der Waals surface area contributed by atoms with E-state index in [-0.39, 0.29) is 35.7 Å². The first-order chi connectivity index (χ1) is 12.1. The molecule has 1 amide bonds. The average Bonchev–Trinajstić information content (AvgIpc) is 3.27. The number of benzene rings is 1. The largest absolute Gasteiger partial charge is 0.392 e.